The number of ether oxygens (including phenoxy) is 4. The van der Waals surface area contributed by atoms with E-state index in [4.69, 9.17) is 18.9 Å². The Hall–Kier alpha value is -6.73. The van der Waals surface area contributed by atoms with E-state index in [1.165, 1.54) is 48.5 Å². The van der Waals surface area contributed by atoms with Gasteiger partial charge in [-0.15, -0.1) is 0 Å². The Kier molecular flexibility index (Phi) is 7.46. The summed E-state index contributed by atoms with van der Waals surface area (Å²) in [6, 6.07) is 20.2. The maximum atomic E-state index is 13.1. The van der Waals surface area contributed by atoms with Crippen LogP contribution in [0.15, 0.2) is 91.0 Å². The van der Waals surface area contributed by atoms with Crippen LogP contribution in [-0.4, -0.2) is 59.0 Å². The molecule has 0 aliphatic carbocycles. The Bertz CT molecular complexity index is 2280. The van der Waals surface area contributed by atoms with Gasteiger partial charge in [-0.05, 0) is 42.0 Å². The van der Waals surface area contributed by atoms with Gasteiger partial charge in [0.05, 0.1) is 5.92 Å². The van der Waals surface area contributed by atoms with Gasteiger partial charge in [-0.25, -0.2) is 4.79 Å². The average Bonchev–Trinajstić information content (AvgIpc) is 3.10. The van der Waals surface area contributed by atoms with Crippen LogP contribution in [0.2, 0.25) is 0 Å². The molecule has 264 valence electrons. The molecule has 0 fully saturated rings. The predicted molar refractivity (Wildman–Crippen MR) is 181 cm³/mol. The Balaban J connectivity index is 1.28. The van der Waals surface area contributed by atoms with Gasteiger partial charge in [0, 0.05) is 58.5 Å². The highest BCUT2D eigenvalue weighted by Crippen LogP contribution is 2.62. The number of phenols is 7. The molecule has 8 N–H and O–H groups in total. The van der Waals surface area contributed by atoms with Crippen LogP contribution in [0.1, 0.15) is 45.4 Å². The highest BCUT2D eigenvalue weighted by atomic mass is 16.7. The maximum Gasteiger partial charge on any atom is 0.331 e. The van der Waals surface area contributed by atoms with Crippen LogP contribution in [0.3, 0.4) is 0 Å². The van der Waals surface area contributed by atoms with Crippen molar-refractivity contribution >= 4 is 12.0 Å². The molecule has 5 atom stereocenters. The first-order valence-corrected chi connectivity index (χ1v) is 16.1. The Morgan fingerprint density at radius 3 is 2.13 bits per heavy atom. The Morgan fingerprint density at radius 2 is 1.42 bits per heavy atom. The highest BCUT2D eigenvalue weighted by Gasteiger charge is 2.60. The smallest absolute Gasteiger partial charge is 0.331 e. The minimum Gasteiger partial charge on any atom is -0.508 e. The molecule has 0 saturated heterocycles. The Morgan fingerprint density at radius 1 is 0.731 bits per heavy atom. The molecule has 0 amide bonds. The number of phenolic OH excluding ortho intramolecular Hbond substituents is 7. The fourth-order valence-electron chi connectivity index (χ4n) is 7.09. The molecular formula is C39H30O13. The van der Waals surface area contributed by atoms with Crippen molar-refractivity contribution in [3.05, 3.63) is 124 Å². The largest absolute Gasteiger partial charge is 0.508 e. The van der Waals surface area contributed by atoms with Crippen molar-refractivity contribution in [2.75, 3.05) is 0 Å². The van der Waals surface area contributed by atoms with E-state index in [9.17, 15) is 45.6 Å². The molecular weight excluding hydrogens is 676 g/mol. The molecule has 5 aromatic carbocycles. The lowest BCUT2D eigenvalue weighted by molar-refractivity contribution is -0.219. The van der Waals surface area contributed by atoms with Crippen molar-refractivity contribution in [2.45, 2.75) is 36.4 Å². The number of carbonyl (C=O) groups is 1. The summed E-state index contributed by atoms with van der Waals surface area (Å²) in [6.07, 6.45) is -1.24. The monoisotopic (exact) mass is 706 g/mol. The summed E-state index contributed by atoms with van der Waals surface area (Å²) in [4.78, 5) is 13.1. The minimum atomic E-state index is -2.14. The van der Waals surface area contributed by atoms with Gasteiger partial charge in [0.1, 0.15) is 46.7 Å². The summed E-state index contributed by atoms with van der Waals surface area (Å²) in [5, 5.41) is 86.1. The third kappa shape index (κ3) is 5.17. The SMILES string of the molecule is O=C(/C=C/c1ccccc1)O[C@@H]1Cc2c(O)cc3c(c2O[C@@H]1c1ccc(O)c(O)c1)C1c2c(O)cc(O)cc2O[C@@](c2ccc(O)c(O)c2)(O3)[C@@H]1O. The van der Waals surface area contributed by atoms with Gasteiger partial charge in [-0.2, -0.15) is 0 Å². The number of aliphatic hydroxyl groups excluding tert-OH is 1. The van der Waals surface area contributed by atoms with E-state index in [0.717, 1.165) is 17.7 Å². The first-order chi connectivity index (χ1) is 24.9. The molecule has 3 heterocycles. The van der Waals surface area contributed by atoms with Crippen molar-refractivity contribution in [2.24, 2.45) is 0 Å². The summed E-state index contributed by atoms with van der Waals surface area (Å²) < 4.78 is 25.0. The van der Waals surface area contributed by atoms with Gasteiger partial charge in [-0.3, -0.25) is 0 Å². The van der Waals surface area contributed by atoms with Crippen molar-refractivity contribution in [3.63, 3.8) is 0 Å². The highest BCUT2D eigenvalue weighted by molar-refractivity contribution is 5.87. The van der Waals surface area contributed by atoms with Gasteiger partial charge in [-0.1, -0.05) is 36.4 Å². The lowest BCUT2D eigenvalue weighted by Crippen LogP contribution is -2.57. The summed E-state index contributed by atoms with van der Waals surface area (Å²) in [5.74, 6) is -7.23. The number of benzene rings is 5. The van der Waals surface area contributed by atoms with Gasteiger partial charge < -0.3 is 59.8 Å². The molecule has 2 bridgehead atoms. The van der Waals surface area contributed by atoms with Crippen molar-refractivity contribution in [1.29, 1.82) is 0 Å². The molecule has 0 spiro atoms. The number of rotatable bonds is 5. The summed E-state index contributed by atoms with van der Waals surface area (Å²) in [6.45, 7) is 0. The molecule has 0 aromatic heterocycles. The van der Waals surface area contributed by atoms with E-state index < -0.39 is 64.7 Å². The Labute approximate surface area is 294 Å². The molecule has 1 unspecified atom stereocenters. The standard InChI is InChI=1S/C39H30O13/c40-21-14-28(46)33-29(15-21)51-39(20-8-10-24(42)27(45)13-20)38(48)35(33)34-30(52-39)17-25(43)22-16-31(49-32(47)11-6-18-4-2-1-3-5-18)36(50-37(22)34)19-7-9-23(41)26(44)12-19/h1-15,17,31,35-36,38,40-46,48H,16H2/b11-6+/t31-,35?,36-,38-,39+/m1/s1. The van der Waals surface area contributed by atoms with Gasteiger partial charge in [0.15, 0.2) is 29.1 Å². The summed E-state index contributed by atoms with van der Waals surface area (Å²) in [5.41, 5.74) is 1.45. The molecule has 5 aromatic rings. The third-order valence-corrected chi connectivity index (χ3v) is 9.49. The van der Waals surface area contributed by atoms with Crippen LogP contribution in [0.5, 0.6) is 57.5 Å². The maximum absolute atomic E-state index is 13.1. The van der Waals surface area contributed by atoms with Crippen LogP contribution in [0.25, 0.3) is 6.08 Å². The van der Waals surface area contributed by atoms with Crippen LogP contribution in [0.4, 0.5) is 0 Å². The molecule has 8 rings (SSSR count). The molecule has 0 saturated carbocycles. The van der Waals surface area contributed by atoms with Gasteiger partial charge >= 0.3 is 11.8 Å². The quantitative estimate of drug-likeness (QED) is 0.0683. The van der Waals surface area contributed by atoms with Crippen LogP contribution in [-0.2, 0) is 21.7 Å². The zero-order valence-corrected chi connectivity index (χ0v) is 26.9. The molecule has 13 heteroatoms. The molecule has 0 radical (unpaired) electrons. The van der Waals surface area contributed by atoms with Crippen molar-refractivity contribution < 1.29 is 64.6 Å². The number of esters is 1. The first-order valence-electron chi connectivity index (χ1n) is 16.1. The second-order valence-corrected chi connectivity index (χ2v) is 12.7. The van der Waals surface area contributed by atoms with Crippen LogP contribution >= 0.6 is 0 Å². The van der Waals surface area contributed by atoms with Crippen LogP contribution in [0, 0.1) is 0 Å². The predicted octanol–water partition coefficient (Wildman–Crippen LogP) is 5.06. The van der Waals surface area contributed by atoms with Crippen molar-refractivity contribution in [1.82, 2.24) is 0 Å². The van der Waals surface area contributed by atoms with Gasteiger partial charge in [0.25, 0.3) is 0 Å². The summed E-state index contributed by atoms with van der Waals surface area (Å²) in [7, 11) is 0. The first kappa shape index (κ1) is 32.5. The zero-order chi connectivity index (χ0) is 36.5. The van der Waals surface area contributed by atoms with E-state index in [2.05, 4.69) is 0 Å². The van der Waals surface area contributed by atoms with Gasteiger partial charge in [0.2, 0.25) is 0 Å². The second-order valence-electron chi connectivity index (χ2n) is 12.7. The van der Waals surface area contributed by atoms with E-state index in [-0.39, 0.29) is 63.0 Å². The van der Waals surface area contributed by atoms with Crippen LogP contribution < -0.4 is 14.2 Å². The molecule has 3 aliphatic rings. The fraction of sp³-hybridized carbons (Fsp3) is 0.154. The number of aliphatic hydroxyl groups is 1. The fourth-order valence-corrected chi connectivity index (χ4v) is 7.09. The number of hydrogen-bond donors (Lipinski definition) is 8. The average molecular weight is 707 g/mol. The number of fused-ring (bicyclic) bond motifs is 8. The molecule has 3 aliphatic heterocycles. The molecule has 13 nitrogen and oxygen atoms in total. The van der Waals surface area contributed by atoms with E-state index >= 15 is 0 Å². The lowest BCUT2D eigenvalue weighted by Gasteiger charge is -2.50. The van der Waals surface area contributed by atoms with E-state index in [1.54, 1.807) is 18.2 Å². The lowest BCUT2D eigenvalue weighted by atomic mass is 9.74. The summed E-state index contributed by atoms with van der Waals surface area (Å²) >= 11 is 0. The zero-order valence-electron chi connectivity index (χ0n) is 26.9. The number of carbonyl (C=O) groups excluding carboxylic acids is 1. The van der Waals surface area contributed by atoms with Crippen molar-refractivity contribution in [3.8, 4) is 57.5 Å². The molecule has 52 heavy (non-hydrogen) atoms. The number of aromatic hydroxyl groups is 7. The minimum absolute atomic E-state index is 0.00576. The van der Waals surface area contributed by atoms with E-state index in [1.807, 2.05) is 18.2 Å². The van der Waals surface area contributed by atoms with E-state index in [0.29, 0.717) is 0 Å². The topological polar surface area (TPSA) is 216 Å². The number of hydrogen-bond acceptors (Lipinski definition) is 13. The third-order valence-electron chi connectivity index (χ3n) is 9.49. The normalized spacial score (nSPS) is 22.6. The second kappa shape index (κ2) is 12.0.